The van der Waals surface area contributed by atoms with Gasteiger partial charge in [0.15, 0.2) is 5.78 Å². The second kappa shape index (κ2) is 8.75. The molecule has 0 radical (unpaired) electrons. The Kier molecular flexibility index (Phi) is 6.88. The van der Waals surface area contributed by atoms with Crippen molar-refractivity contribution in [1.82, 2.24) is 0 Å². The lowest BCUT2D eigenvalue weighted by Gasteiger charge is -2.28. The Morgan fingerprint density at radius 2 is 1.70 bits per heavy atom. The normalized spacial score (nSPS) is 11.5. The molecule has 4 heteroatoms. The van der Waals surface area contributed by atoms with Crippen molar-refractivity contribution in [2.75, 3.05) is 18.2 Å². The molecule has 1 amide bonds. The van der Waals surface area contributed by atoms with Crippen molar-refractivity contribution in [3.05, 3.63) is 59.7 Å². The number of carbonyl (C=O) groups is 2. The van der Waals surface area contributed by atoms with Crippen LogP contribution in [0.2, 0.25) is 0 Å². The van der Waals surface area contributed by atoms with E-state index in [1.807, 2.05) is 54.8 Å². The maximum absolute atomic E-state index is 13.1. The first kappa shape index (κ1) is 21.2. The molecule has 0 fully saturated rings. The summed E-state index contributed by atoms with van der Waals surface area (Å²) in [6.45, 7) is 7.74. The van der Waals surface area contributed by atoms with Crippen molar-refractivity contribution in [3.8, 4) is 0 Å². The summed E-state index contributed by atoms with van der Waals surface area (Å²) in [5.41, 5.74) is 1.44. The van der Waals surface area contributed by atoms with Gasteiger partial charge in [0.05, 0.1) is 0 Å². The molecule has 2 aromatic carbocycles. The number of rotatable bonds is 7. The third-order valence-electron chi connectivity index (χ3n) is 4.71. The third-order valence-corrected chi connectivity index (χ3v) is 5.43. The van der Waals surface area contributed by atoms with E-state index in [-0.39, 0.29) is 11.7 Å². The lowest BCUT2D eigenvalue weighted by molar-refractivity contribution is -0.124. The van der Waals surface area contributed by atoms with Crippen molar-refractivity contribution >= 4 is 29.1 Å². The molecule has 0 aliphatic rings. The average molecular weight is 384 g/mol. The van der Waals surface area contributed by atoms with Gasteiger partial charge >= 0.3 is 0 Å². The zero-order chi connectivity index (χ0) is 20.2. The standard InChI is InChI=1S/C23H29NO2S/c1-16(2)14-17-10-12-18(13-11-17)21(25)23(3,4)22(26)24(5)19-8-7-9-20(15-19)27-6/h7-13,15-16H,14H2,1-6H3. The highest BCUT2D eigenvalue weighted by molar-refractivity contribution is 7.98. The number of thioether (sulfide) groups is 1. The fourth-order valence-electron chi connectivity index (χ4n) is 3.08. The minimum Gasteiger partial charge on any atom is -0.315 e. The predicted molar refractivity (Wildman–Crippen MR) is 115 cm³/mol. The van der Waals surface area contributed by atoms with Gasteiger partial charge in [-0.05, 0) is 56.2 Å². The Morgan fingerprint density at radius 1 is 1.07 bits per heavy atom. The van der Waals surface area contributed by atoms with Crippen molar-refractivity contribution in [2.45, 2.75) is 39.0 Å². The topological polar surface area (TPSA) is 37.4 Å². The number of amides is 1. The van der Waals surface area contributed by atoms with E-state index in [9.17, 15) is 9.59 Å². The summed E-state index contributed by atoms with van der Waals surface area (Å²) in [7, 11) is 1.72. The Balaban J connectivity index is 2.22. The average Bonchev–Trinajstić information content (AvgIpc) is 2.66. The molecule has 0 aromatic heterocycles. The molecule has 0 unspecified atom stereocenters. The van der Waals surface area contributed by atoms with Gasteiger partial charge in [-0.3, -0.25) is 9.59 Å². The molecule has 144 valence electrons. The van der Waals surface area contributed by atoms with E-state index in [1.54, 1.807) is 37.6 Å². The molecule has 0 N–H and O–H groups in total. The van der Waals surface area contributed by atoms with Crippen LogP contribution < -0.4 is 4.90 Å². The quantitative estimate of drug-likeness (QED) is 0.361. The minimum atomic E-state index is -1.14. The van der Waals surface area contributed by atoms with Crippen LogP contribution in [0.4, 0.5) is 5.69 Å². The van der Waals surface area contributed by atoms with Gasteiger partial charge in [0.2, 0.25) is 5.91 Å². The van der Waals surface area contributed by atoms with Gasteiger partial charge < -0.3 is 4.90 Å². The molecule has 0 aliphatic carbocycles. The molecule has 2 rings (SSSR count). The van der Waals surface area contributed by atoms with E-state index in [1.165, 1.54) is 5.56 Å². The fraction of sp³-hybridized carbons (Fsp3) is 0.391. The number of carbonyl (C=O) groups excluding carboxylic acids is 2. The molecular formula is C23H29NO2S. The smallest absolute Gasteiger partial charge is 0.240 e. The van der Waals surface area contributed by atoms with E-state index in [4.69, 9.17) is 0 Å². The Bertz CT molecular complexity index is 809. The summed E-state index contributed by atoms with van der Waals surface area (Å²) in [6.07, 6.45) is 2.97. The van der Waals surface area contributed by atoms with Gasteiger partial charge in [0, 0.05) is 23.2 Å². The van der Waals surface area contributed by atoms with Crippen LogP contribution in [-0.4, -0.2) is 25.0 Å². The highest BCUT2D eigenvalue weighted by atomic mass is 32.2. The monoisotopic (exact) mass is 383 g/mol. The molecule has 0 spiro atoms. The Morgan fingerprint density at radius 3 is 2.26 bits per heavy atom. The first-order valence-corrected chi connectivity index (χ1v) is 10.4. The summed E-state index contributed by atoms with van der Waals surface area (Å²) in [4.78, 5) is 28.8. The van der Waals surface area contributed by atoms with Crippen LogP contribution in [-0.2, 0) is 11.2 Å². The molecule has 0 atom stereocenters. The van der Waals surface area contributed by atoms with E-state index in [0.29, 0.717) is 11.5 Å². The van der Waals surface area contributed by atoms with Gasteiger partial charge in [-0.15, -0.1) is 11.8 Å². The van der Waals surface area contributed by atoms with Crippen molar-refractivity contribution in [3.63, 3.8) is 0 Å². The van der Waals surface area contributed by atoms with E-state index in [0.717, 1.165) is 17.0 Å². The van der Waals surface area contributed by atoms with E-state index < -0.39 is 5.41 Å². The van der Waals surface area contributed by atoms with Crippen LogP contribution in [0.25, 0.3) is 0 Å². The number of ketones is 1. The summed E-state index contributed by atoms with van der Waals surface area (Å²) < 4.78 is 0. The van der Waals surface area contributed by atoms with E-state index in [2.05, 4.69) is 13.8 Å². The number of anilines is 1. The zero-order valence-corrected chi connectivity index (χ0v) is 17.9. The molecule has 0 aliphatic heterocycles. The fourth-order valence-corrected chi connectivity index (χ4v) is 3.53. The molecule has 0 saturated heterocycles. The molecule has 0 saturated carbocycles. The van der Waals surface area contributed by atoms with Gasteiger partial charge in [0.1, 0.15) is 5.41 Å². The van der Waals surface area contributed by atoms with Crippen LogP contribution >= 0.6 is 11.8 Å². The number of Topliss-reactive ketones (excluding diaryl/α,β-unsaturated/α-hetero) is 1. The zero-order valence-electron chi connectivity index (χ0n) is 17.1. The van der Waals surface area contributed by atoms with Crippen LogP contribution in [0, 0.1) is 11.3 Å². The minimum absolute atomic E-state index is 0.156. The highest BCUT2D eigenvalue weighted by Crippen LogP contribution is 2.29. The van der Waals surface area contributed by atoms with Gasteiger partial charge in [0.25, 0.3) is 0 Å². The molecule has 27 heavy (non-hydrogen) atoms. The van der Waals surface area contributed by atoms with Crippen LogP contribution in [0.1, 0.15) is 43.6 Å². The van der Waals surface area contributed by atoms with Gasteiger partial charge in [-0.25, -0.2) is 0 Å². The van der Waals surface area contributed by atoms with Crippen molar-refractivity contribution in [1.29, 1.82) is 0 Å². The van der Waals surface area contributed by atoms with Crippen LogP contribution in [0.3, 0.4) is 0 Å². The Hall–Kier alpha value is -2.07. The summed E-state index contributed by atoms with van der Waals surface area (Å²) in [5.74, 6) is 0.198. The second-order valence-electron chi connectivity index (χ2n) is 7.81. The SMILES string of the molecule is CSc1cccc(N(C)C(=O)C(C)(C)C(=O)c2ccc(CC(C)C)cc2)c1. The number of hydrogen-bond donors (Lipinski definition) is 0. The lowest BCUT2D eigenvalue weighted by atomic mass is 9.82. The number of benzene rings is 2. The van der Waals surface area contributed by atoms with Crippen molar-refractivity contribution < 1.29 is 9.59 Å². The molecule has 3 nitrogen and oxygen atoms in total. The molecule has 0 heterocycles. The lowest BCUT2D eigenvalue weighted by Crippen LogP contribution is -2.43. The maximum Gasteiger partial charge on any atom is 0.240 e. The predicted octanol–water partition coefficient (Wildman–Crippen LogP) is 5.48. The first-order chi connectivity index (χ1) is 12.7. The summed E-state index contributed by atoms with van der Waals surface area (Å²) in [5, 5.41) is 0. The number of nitrogens with zero attached hydrogens (tertiary/aromatic N) is 1. The molecule has 0 bridgehead atoms. The molecular weight excluding hydrogens is 354 g/mol. The summed E-state index contributed by atoms with van der Waals surface area (Å²) >= 11 is 1.62. The second-order valence-corrected chi connectivity index (χ2v) is 8.69. The van der Waals surface area contributed by atoms with Crippen LogP contribution in [0.15, 0.2) is 53.4 Å². The van der Waals surface area contributed by atoms with Crippen LogP contribution in [0.5, 0.6) is 0 Å². The summed E-state index contributed by atoms with van der Waals surface area (Å²) in [6, 6.07) is 15.4. The number of hydrogen-bond acceptors (Lipinski definition) is 3. The largest absolute Gasteiger partial charge is 0.315 e. The van der Waals surface area contributed by atoms with E-state index >= 15 is 0 Å². The maximum atomic E-state index is 13.1. The van der Waals surface area contributed by atoms with Gasteiger partial charge in [-0.1, -0.05) is 44.2 Å². The highest BCUT2D eigenvalue weighted by Gasteiger charge is 2.39. The molecule has 2 aromatic rings. The third kappa shape index (κ3) is 5.01. The van der Waals surface area contributed by atoms with Crippen molar-refractivity contribution in [2.24, 2.45) is 11.3 Å². The Labute approximate surface area is 167 Å². The first-order valence-electron chi connectivity index (χ1n) is 9.22. The van der Waals surface area contributed by atoms with Gasteiger partial charge in [-0.2, -0.15) is 0 Å².